The number of aromatic nitrogens is 1. The van der Waals surface area contributed by atoms with Gasteiger partial charge in [0.25, 0.3) is 13.4 Å². The summed E-state index contributed by atoms with van der Waals surface area (Å²) in [6.07, 6.45) is 0. The summed E-state index contributed by atoms with van der Waals surface area (Å²) in [7, 11) is 0. The topological polar surface area (TPSA) is 20.1 Å². The van der Waals surface area contributed by atoms with E-state index < -0.39 is 0 Å². The fourth-order valence-corrected chi connectivity index (χ4v) is 12.3. The Balaban J connectivity index is 1.22. The van der Waals surface area contributed by atoms with Crippen LogP contribution in [0.4, 0.5) is 34.1 Å². The van der Waals surface area contributed by atoms with Gasteiger partial charge in [0.2, 0.25) is 0 Å². The van der Waals surface area contributed by atoms with Crippen molar-refractivity contribution in [3.8, 4) is 22.6 Å². The van der Waals surface area contributed by atoms with Crippen LogP contribution in [0.15, 0.2) is 176 Å². The maximum Gasteiger partial charge on any atom is 0.253 e. The smallest absolute Gasteiger partial charge is 0.253 e. The van der Waals surface area contributed by atoms with E-state index in [-0.39, 0.29) is 13.4 Å². The highest BCUT2D eigenvalue weighted by molar-refractivity contribution is 7.03. The van der Waals surface area contributed by atoms with Gasteiger partial charge in [-0.3, -0.25) is 0 Å². The van der Waals surface area contributed by atoms with Crippen LogP contribution < -0.4 is 47.3 Å². The number of aryl methyl sites for hydroxylation is 2. The van der Waals surface area contributed by atoms with Crippen molar-refractivity contribution >= 4 is 118 Å². The maximum absolute atomic E-state index is 7.41. The number of hydrogen-bond acceptors (Lipinski definition) is 3. The Morgan fingerprint density at radius 2 is 1.18 bits per heavy atom. The molecule has 0 atom stereocenters. The van der Waals surface area contributed by atoms with Gasteiger partial charge < -0.3 is 18.9 Å². The molecule has 0 saturated carbocycles. The van der Waals surface area contributed by atoms with Crippen LogP contribution in [0.2, 0.25) is 0 Å². The van der Waals surface area contributed by atoms with Crippen LogP contribution in [0.3, 0.4) is 0 Å². The standard InChI is InChI=1S/C56H35B2N3O/c1-32-28-33(2)51-38(29-32)34-24-27-45-40(30-34)50-53-48(31-39-37-18-9-11-20-44(37)61(45)54(39)50)59(35-14-5-3-6-15-35)46-21-13-22-47-52(46)58(53)42-25-26-43-56(55(42)60(47)36-16-7-4-8-17-36)62-49-23-12-10-19-41(49)57(43)51/h3-31H,1-2H3. The lowest BCUT2D eigenvalue weighted by molar-refractivity contribution is 0.489. The first kappa shape index (κ1) is 33.1. The number of hydrogen-bond donors (Lipinski definition) is 0. The lowest BCUT2D eigenvalue weighted by Crippen LogP contribution is -2.63. The molecule has 6 heteroatoms. The van der Waals surface area contributed by atoms with Gasteiger partial charge in [-0.2, -0.15) is 0 Å². The zero-order valence-corrected chi connectivity index (χ0v) is 34.1. The highest BCUT2D eigenvalue weighted by Crippen LogP contribution is 2.51. The van der Waals surface area contributed by atoms with Crippen molar-refractivity contribution in [1.29, 1.82) is 0 Å². The number of ether oxygens (including phenoxy) is 1. The van der Waals surface area contributed by atoms with Gasteiger partial charge in [0, 0.05) is 50.0 Å². The molecule has 0 amide bonds. The number of fused-ring (bicyclic) bond motifs is 6. The Morgan fingerprint density at radius 3 is 2.02 bits per heavy atom. The average molecular weight is 788 g/mol. The SMILES string of the molecule is Cc1cc(C)c2c(c1)-c1ccc3c(c1)c1c4c(cc5c6ccccc6n3c51)N(c1ccccc1)c1cccc3c1B4c1ccc4c(c1N3c1ccccc1)Oc1ccccc1B42. The van der Waals surface area contributed by atoms with E-state index in [0.717, 1.165) is 28.6 Å². The second-order valence-electron chi connectivity index (χ2n) is 17.7. The lowest BCUT2D eigenvalue weighted by Gasteiger charge is -2.45. The number of nitrogens with zero attached hydrogens (tertiary/aromatic N) is 3. The fraction of sp³-hybridized carbons (Fsp3) is 0.0357. The Hall–Kier alpha value is -7.69. The Morgan fingerprint density at radius 1 is 0.468 bits per heavy atom. The highest BCUT2D eigenvalue weighted by atomic mass is 16.5. The van der Waals surface area contributed by atoms with E-state index in [1.165, 1.54) is 110 Å². The second kappa shape index (κ2) is 11.6. The van der Waals surface area contributed by atoms with Gasteiger partial charge in [-0.15, -0.1) is 0 Å². The van der Waals surface area contributed by atoms with Crippen LogP contribution >= 0.6 is 0 Å². The van der Waals surface area contributed by atoms with E-state index in [9.17, 15) is 0 Å². The van der Waals surface area contributed by atoms with Crippen LogP contribution in [-0.4, -0.2) is 17.8 Å². The molecule has 286 valence electrons. The average Bonchev–Trinajstić information content (AvgIpc) is 3.82. The predicted octanol–water partition coefficient (Wildman–Crippen LogP) is 10.1. The molecular weight excluding hydrogens is 752 g/mol. The lowest BCUT2D eigenvalue weighted by atomic mass is 9.31. The predicted molar refractivity (Wildman–Crippen MR) is 261 cm³/mol. The first-order valence-corrected chi connectivity index (χ1v) is 21.8. The molecule has 2 aromatic heterocycles. The van der Waals surface area contributed by atoms with Crippen molar-refractivity contribution in [3.05, 3.63) is 187 Å². The quantitative estimate of drug-likeness (QED) is 0.163. The third kappa shape index (κ3) is 3.97. The molecule has 8 bridgehead atoms. The molecule has 7 heterocycles. The van der Waals surface area contributed by atoms with Crippen LogP contribution in [0, 0.1) is 13.8 Å². The monoisotopic (exact) mass is 787 g/mol. The van der Waals surface area contributed by atoms with Gasteiger partial charge >= 0.3 is 0 Å². The van der Waals surface area contributed by atoms with E-state index in [4.69, 9.17) is 4.74 Å². The molecule has 0 N–H and O–H groups in total. The molecule has 11 aromatic rings. The minimum atomic E-state index is -0.0942. The zero-order chi connectivity index (χ0) is 40.5. The molecule has 4 nitrogen and oxygen atoms in total. The first-order chi connectivity index (χ1) is 30.6. The minimum absolute atomic E-state index is 0.0579. The summed E-state index contributed by atoms with van der Waals surface area (Å²) in [6.45, 7) is 4.40. The molecule has 9 aromatic carbocycles. The van der Waals surface area contributed by atoms with Crippen LogP contribution in [0.25, 0.3) is 49.2 Å². The van der Waals surface area contributed by atoms with Gasteiger partial charge in [-0.05, 0) is 119 Å². The van der Waals surface area contributed by atoms with Crippen LogP contribution in [0.5, 0.6) is 11.5 Å². The van der Waals surface area contributed by atoms with Crippen molar-refractivity contribution in [2.24, 2.45) is 0 Å². The number of benzene rings is 9. The summed E-state index contributed by atoms with van der Waals surface area (Å²) in [4.78, 5) is 5.05. The van der Waals surface area contributed by atoms with Gasteiger partial charge in [0.05, 0.1) is 22.2 Å². The molecule has 5 aliphatic heterocycles. The number of anilines is 6. The summed E-state index contributed by atoms with van der Waals surface area (Å²) >= 11 is 0. The van der Waals surface area contributed by atoms with Gasteiger partial charge in [-0.1, -0.05) is 126 Å². The van der Waals surface area contributed by atoms with Gasteiger partial charge in [0.1, 0.15) is 11.5 Å². The summed E-state index contributed by atoms with van der Waals surface area (Å²) in [6, 6.07) is 66.0. The van der Waals surface area contributed by atoms with E-state index >= 15 is 0 Å². The number of rotatable bonds is 2. The van der Waals surface area contributed by atoms with Crippen molar-refractivity contribution in [3.63, 3.8) is 0 Å². The van der Waals surface area contributed by atoms with E-state index in [0.29, 0.717) is 0 Å². The molecule has 5 aliphatic rings. The summed E-state index contributed by atoms with van der Waals surface area (Å²) in [5, 5.41) is 5.16. The zero-order valence-electron chi connectivity index (χ0n) is 34.1. The molecule has 0 saturated heterocycles. The Bertz CT molecular complexity index is 3780. The highest BCUT2D eigenvalue weighted by Gasteiger charge is 2.48. The Kier molecular flexibility index (Phi) is 6.17. The van der Waals surface area contributed by atoms with Crippen molar-refractivity contribution in [1.82, 2.24) is 4.40 Å². The molecular formula is C56H35B2N3O. The van der Waals surface area contributed by atoms with Crippen LogP contribution in [-0.2, 0) is 0 Å². The van der Waals surface area contributed by atoms with Crippen molar-refractivity contribution in [2.45, 2.75) is 13.8 Å². The molecule has 0 unspecified atom stereocenters. The second-order valence-corrected chi connectivity index (χ2v) is 17.7. The minimum Gasteiger partial charge on any atom is -0.456 e. The Labute approximate surface area is 359 Å². The molecule has 0 fully saturated rings. The number of para-hydroxylation sites is 4. The summed E-state index contributed by atoms with van der Waals surface area (Å²) in [5.41, 5.74) is 23.4. The summed E-state index contributed by atoms with van der Waals surface area (Å²) in [5.74, 6) is 1.84. The van der Waals surface area contributed by atoms with E-state index in [1.54, 1.807) is 0 Å². The molecule has 0 spiro atoms. The van der Waals surface area contributed by atoms with Gasteiger partial charge in [0.15, 0.2) is 0 Å². The first-order valence-electron chi connectivity index (χ1n) is 21.8. The molecule has 0 aliphatic carbocycles. The molecule has 16 rings (SSSR count). The maximum atomic E-state index is 7.41. The summed E-state index contributed by atoms with van der Waals surface area (Å²) < 4.78 is 9.96. The molecule has 62 heavy (non-hydrogen) atoms. The third-order valence-electron chi connectivity index (χ3n) is 14.5. The van der Waals surface area contributed by atoms with Crippen LogP contribution in [0.1, 0.15) is 11.1 Å². The van der Waals surface area contributed by atoms with E-state index in [2.05, 4.69) is 204 Å². The van der Waals surface area contributed by atoms with Gasteiger partial charge in [-0.25, -0.2) is 0 Å². The van der Waals surface area contributed by atoms with Crippen molar-refractivity contribution < 1.29 is 4.74 Å². The molecule has 0 radical (unpaired) electrons. The normalized spacial score (nSPS) is 14.0. The van der Waals surface area contributed by atoms with E-state index in [1.807, 2.05) is 0 Å². The third-order valence-corrected chi connectivity index (χ3v) is 14.5. The largest absolute Gasteiger partial charge is 0.456 e. The van der Waals surface area contributed by atoms with Crippen molar-refractivity contribution in [2.75, 3.05) is 9.80 Å². The fourth-order valence-electron chi connectivity index (χ4n) is 12.3.